The van der Waals surface area contributed by atoms with Gasteiger partial charge < -0.3 is 24.1 Å². The molecule has 0 saturated heterocycles. The summed E-state index contributed by atoms with van der Waals surface area (Å²) in [5.41, 5.74) is 2.20. The molecule has 3 aromatic rings. The Morgan fingerprint density at radius 2 is 1.26 bits per heavy atom. The fourth-order valence-corrected chi connectivity index (χ4v) is 3.15. The molecule has 0 radical (unpaired) electrons. The van der Waals surface area contributed by atoms with Gasteiger partial charge in [0, 0.05) is 6.08 Å². The molecule has 8 nitrogen and oxygen atoms in total. The quantitative estimate of drug-likeness (QED) is 0.148. The van der Waals surface area contributed by atoms with E-state index in [2.05, 4.69) is 13.2 Å². The molecule has 0 atom stereocenters. The summed E-state index contributed by atoms with van der Waals surface area (Å²) in [5, 5.41) is 8.92. The van der Waals surface area contributed by atoms with Gasteiger partial charge in [0.25, 0.3) is 0 Å². The minimum absolute atomic E-state index is 0.0642. The summed E-state index contributed by atoms with van der Waals surface area (Å²) in [4.78, 5) is 35.2. The third-order valence-electron chi connectivity index (χ3n) is 5.25. The van der Waals surface area contributed by atoms with Gasteiger partial charge in [-0.25, -0.2) is 14.4 Å². The zero-order valence-corrected chi connectivity index (χ0v) is 20.8. The monoisotopic (exact) mass is 516 g/mol. The van der Waals surface area contributed by atoms with Crippen LogP contribution in [0.4, 0.5) is 0 Å². The molecule has 0 heterocycles. The molecule has 0 aliphatic carbocycles. The van der Waals surface area contributed by atoms with Gasteiger partial charge in [-0.3, -0.25) is 0 Å². The van der Waals surface area contributed by atoms with Gasteiger partial charge in [0.15, 0.2) is 0 Å². The van der Waals surface area contributed by atoms with Crippen LogP contribution in [-0.2, 0) is 14.3 Å². The summed E-state index contributed by atoms with van der Waals surface area (Å²) in [7, 11) is 0. The van der Waals surface area contributed by atoms with Crippen molar-refractivity contribution in [3.05, 3.63) is 103 Å². The summed E-state index contributed by atoms with van der Waals surface area (Å²) in [6, 6.07) is 20.6. The number of ether oxygens (including phenoxy) is 4. The molecule has 38 heavy (non-hydrogen) atoms. The molecule has 0 aromatic heterocycles. The molecule has 0 amide bonds. The van der Waals surface area contributed by atoms with Crippen LogP contribution in [0.15, 0.2) is 97.6 Å². The molecule has 0 spiro atoms. The Morgan fingerprint density at radius 3 is 1.84 bits per heavy atom. The van der Waals surface area contributed by atoms with Crippen LogP contribution in [0.5, 0.6) is 17.2 Å². The number of carbonyl (C=O) groups excluding carboxylic acids is 3. The first-order valence-electron chi connectivity index (χ1n) is 11.8. The van der Waals surface area contributed by atoms with E-state index < -0.39 is 24.5 Å². The molecule has 3 aromatic carbocycles. The summed E-state index contributed by atoms with van der Waals surface area (Å²) < 4.78 is 21.1. The second-order valence-corrected chi connectivity index (χ2v) is 8.04. The maximum absolute atomic E-state index is 12.5. The van der Waals surface area contributed by atoms with Gasteiger partial charge in [0.1, 0.15) is 17.2 Å². The smallest absolute Gasteiger partial charge is 0.343 e. The van der Waals surface area contributed by atoms with E-state index in [1.165, 1.54) is 24.3 Å². The number of aliphatic hydroxyl groups excluding tert-OH is 1. The fourth-order valence-electron chi connectivity index (χ4n) is 3.15. The van der Waals surface area contributed by atoms with Crippen LogP contribution in [0.3, 0.4) is 0 Å². The molecule has 8 heteroatoms. The highest BCUT2D eigenvalue weighted by Gasteiger charge is 2.11. The van der Waals surface area contributed by atoms with Crippen molar-refractivity contribution in [2.24, 2.45) is 0 Å². The number of carbonyl (C=O) groups is 3. The normalized spacial score (nSPS) is 10.2. The van der Waals surface area contributed by atoms with Crippen LogP contribution in [0, 0.1) is 0 Å². The SMILES string of the molecule is C=CC(=O)OCCCCOc1ccc(-c2ccc(C(=O)Oc3ccc(OC(=O)C(=C)CO)cc3)cc2)cc1. The number of benzene rings is 3. The third-order valence-corrected chi connectivity index (χ3v) is 5.25. The highest BCUT2D eigenvalue weighted by atomic mass is 16.5. The Balaban J connectivity index is 1.48. The van der Waals surface area contributed by atoms with Crippen molar-refractivity contribution in [3.63, 3.8) is 0 Å². The molecule has 0 fully saturated rings. The highest BCUT2D eigenvalue weighted by molar-refractivity contribution is 5.92. The molecule has 0 bridgehead atoms. The van der Waals surface area contributed by atoms with E-state index in [1.54, 1.807) is 12.1 Å². The predicted octanol–water partition coefficient (Wildman–Crippen LogP) is 4.91. The minimum Gasteiger partial charge on any atom is -0.494 e. The number of aliphatic hydroxyl groups is 1. The number of rotatable bonds is 13. The van der Waals surface area contributed by atoms with Gasteiger partial charge in [0.05, 0.1) is 31.0 Å². The lowest BCUT2D eigenvalue weighted by Gasteiger charge is -2.09. The average molecular weight is 517 g/mol. The third kappa shape index (κ3) is 8.46. The van der Waals surface area contributed by atoms with Crippen LogP contribution in [0.2, 0.25) is 0 Å². The van der Waals surface area contributed by atoms with E-state index >= 15 is 0 Å². The van der Waals surface area contributed by atoms with Gasteiger partial charge in [0.2, 0.25) is 0 Å². The molecule has 0 aliphatic rings. The summed E-state index contributed by atoms with van der Waals surface area (Å²) >= 11 is 0. The highest BCUT2D eigenvalue weighted by Crippen LogP contribution is 2.24. The summed E-state index contributed by atoms with van der Waals surface area (Å²) in [5.74, 6) is -0.440. The second-order valence-electron chi connectivity index (χ2n) is 8.04. The van der Waals surface area contributed by atoms with E-state index in [-0.39, 0.29) is 17.1 Å². The lowest BCUT2D eigenvalue weighted by atomic mass is 10.0. The zero-order valence-electron chi connectivity index (χ0n) is 20.8. The molecule has 196 valence electrons. The van der Waals surface area contributed by atoms with Crippen LogP contribution < -0.4 is 14.2 Å². The van der Waals surface area contributed by atoms with E-state index in [0.29, 0.717) is 25.2 Å². The van der Waals surface area contributed by atoms with E-state index in [4.69, 9.17) is 24.1 Å². The molecular weight excluding hydrogens is 488 g/mol. The number of hydrogen-bond acceptors (Lipinski definition) is 8. The molecule has 3 rings (SSSR count). The fraction of sp³-hybridized carbons (Fsp3) is 0.167. The zero-order chi connectivity index (χ0) is 27.3. The second kappa shape index (κ2) is 14.2. The van der Waals surface area contributed by atoms with Crippen molar-refractivity contribution >= 4 is 17.9 Å². The van der Waals surface area contributed by atoms with Gasteiger partial charge in [-0.2, -0.15) is 0 Å². The van der Waals surface area contributed by atoms with Crippen LogP contribution in [-0.4, -0.2) is 42.8 Å². The Bertz CT molecular complexity index is 1260. The number of hydrogen-bond donors (Lipinski definition) is 1. The van der Waals surface area contributed by atoms with E-state index in [9.17, 15) is 14.4 Å². The topological polar surface area (TPSA) is 108 Å². The van der Waals surface area contributed by atoms with Gasteiger partial charge in [-0.1, -0.05) is 37.4 Å². The lowest BCUT2D eigenvalue weighted by Crippen LogP contribution is -2.13. The van der Waals surface area contributed by atoms with Crippen LogP contribution in [0.1, 0.15) is 23.2 Å². The Kier molecular flexibility index (Phi) is 10.4. The van der Waals surface area contributed by atoms with Crippen molar-refractivity contribution in [3.8, 4) is 28.4 Å². The van der Waals surface area contributed by atoms with Crippen molar-refractivity contribution < 1.29 is 38.4 Å². The number of unbranched alkanes of at least 4 members (excludes halogenated alkanes) is 1. The average Bonchev–Trinajstić information content (AvgIpc) is 2.95. The number of esters is 3. The van der Waals surface area contributed by atoms with Crippen molar-refractivity contribution in [1.29, 1.82) is 0 Å². The first-order chi connectivity index (χ1) is 18.4. The first kappa shape index (κ1) is 27.9. The molecule has 0 aliphatic heterocycles. The molecule has 1 N–H and O–H groups in total. The Hall–Kier alpha value is -4.69. The maximum Gasteiger partial charge on any atom is 0.343 e. The summed E-state index contributed by atoms with van der Waals surface area (Å²) in [6.07, 6.45) is 2.60. The molecule has 0 unspecified atom stereocenters. The van der Waals surface area contributed by atoms with Gasteiger partial charge in [-0.05, 0) is 72.5 Å². The minimum atomic E-state index is -0.736. The van der Waals surface area contributed by atoms with Gasteiger partial charge in [-0.15, -0.1) is 0 Å². The van der Waals surface area contributed by atoms with E-state index in [0.717, 1.165) is 29.4 Å². The maximum atomic E-state index is 12.5. The molecular formula is C30H28O8. The summed E-state index contributed by atoms with van der Waals surface area (Å²) in [6.45, 7) is 7.10. The van der Waals surface area contributed by atoms with Crippen LogP contribution >= 0.6 is 0 Å². The lowest BCUT2D eigenvalue weighted by molar-refractivity contribution is -0.138. The van der Waals surface area contributed by atoms with Crippen LogP contribution in [0.25, 0.3) is 11.1 Å². The van der Waals surface area contributed by atoms with Crippen molar-refractivity contribution in [1.82, 2.24) is 0 Å². The predicted molar refractivity (Wildman–Crippen MR) is 141 cm³/mol. The Labute approximate surface area is 220 Å². The van der Waals surface area contributed by atoms with E-state index in [1.807, 2.05) is 36.4 Å². The van der Waals surface area contributed by atoms with Crippen molar-refractivity contribution in [2.75, 3.05) is 19.8 Å². The van der Waals surface area contributed by atoms with Crippen molar-refractivity contribution in [2.45, 2.75) is 12.8 Å². The standard InChI is InChI=1S/C30H28O8/c1-3-28(32)36-19-5-4-18-35-25-12-10-23(11-13-25)22-6-8-24(9-7-22)30(34)38-27-16-14-26(15-17-27)37-29(33)21(2)20-31/h3,6-17,31H,1-2,4-5,18-20H2. The largest absolute Gasteiger partial charge is 0.494 e. The Morgan fingerprint density at radius 1 is 0.737 bits per heavy atom. The van der Waals surface area contributed by atoms with Gasteiger partial charge >= 0.3 is 17.9 Å². The first-order valence-corrected chi connectivity index (χ1v) is 11.8. The molecule has 0 saturated carbocycles.